The summed E-state index contributed by atoms with van der Waals surface area (Å²) in [5.74, 6) is 0.117. The van der Waals surface area contributed by atoms with Gasteiger partial charge in [0.05, 0.1) is 23.2 Å². The van der Waals surface area contributed by atoms with Crippen LogP contribution in [0.5, 0.6) is 0 Å². The monoisotopic (exact) mass is 475 g/mol. The molecule has 28 heavy (non-hydrogen) atoms. The molecule has 2 amide bonds. The van der Waals surface area contributed by atoms with Crippen LogP contribution in [-0.2, 0) is 12.7 Å². The Labute approximate surface area is 171 Å². The Kier molecular flexibility index (Phi) is 5.80. The summed E-state index contributed by atoms with van der Waals surface area (Å²) in [5.41, 5.74) is 0.0266. The van der Waals surface area contributed by atoms with Crippen molar-refractivity contribution >= 4 is 39.2 Å². The Morgan fingerprint density at radius 1 is 1.32 bits per heavy atom. The van der Waals surface area contributed by atoms with Gasteiger partial charge in [-0.25, -0.2) is 4.79 Å². The van der Waals surface area contributed by atoms with Crippen molar-refractivity contribution in [2.75, 3.05) is 0 Å². The predicted molar refractivity (Wildman–Crippen MR) is 101 cm³/mol. The van der Waals surface area contributed by atoms with Crippen LogP contribution in [0.1, 0.15) is 29.9 Å². The molecule has 0 aliphatic heterocycles. The number of carbonyl (C=O) groups is 1. The lowest BCUT2D eigenvalue weighted by Crippen LogP contribution is -2.37. The summed E-state index contributed by atoms with van der Waals surface area (Å²) in [7, 11) is 0. The largest absolute Gasteiger partial charge is 0.417 e. The van der Waals surface area contributed by atoms with E-state index in [9.17, 15) is 18.0 Å². The van der Waals surface area contributed by atoms with Crippen molar-refractivity contribution in [3.8, 4) is 0 Å². The summed E-state index contributed by atoms with van der Waals surface area (Å²) in [6.45, 7) is 1.68. The van der Waals surface area contributed by atoms with Gasteiger partial charge in [0.25, 0.3) is 0 Å². The summed E-state index contributed by atoms with van der Waals surface area (Å²) in [4.78, 5) is 12.2. The fourth-order valence-electron chi connectivity index (χ4n) is 2.59. The molecule has 2 heterocycles. The molecule has 0 unspecified atom stereocenters. The van der Waals surface area contributed by atoms with E-state index in [1.165, 1.54) is 0 Å². The van der Waals surface area contributed by atoms with Crippen molar-refractivity contribution in [1.29, 1.82) is 0 Å². The van der Waals surface area contributed by atoms with Gasteiger partial charge < -0.3 is 10.6 Å². The van der Waals surface area contributed by atoms with E-state index in [1.807, 2.05) is 31.2 Å². The average molecular weight is 477 g/mol. The first-order valence-corrected chi connectivity index (χ1v) is 9.23. The highest BCUT2D eigenvalue weighted by Crippen LogP contribution is 2.32. The number of alkyl halides is 3. The number of carbonyl (C=O) groups excluding carboxylic acids is 1. The number of halogens is 5. The molecular weight excluding hydrogens is 463 g/mol. The average Bonchev–Trinajstić information content (AvgIpc) is 3.03. The first-order valence-electron chi connectivity index (χ1n) is 8.06. The maximum Gasteiger partial charge on any atom is 0.417 e. The first-order chi connectivity index (χ1) is 13.2. The molecule has 0 fully saturated rings. The fraction of sp³-hybridized carbons (Fsp3) is 0.235. The molecule has 2 aromatic heterocycles. The van der Waals surface area contributed by atoms with Crippen molar-refractivity contribution in [2.45, 2.75) is 25.7 Å². The number of aromatic nitrogens is 3. The van der Waals surface area contributed by atoms with Gasteiger partial charge in [-0.3, -0.25) is 4.40 Å². The van der Waals surface area contributed by atoms with E-state index in [0.717, 1.165) is 26.7 Å². The second-order valence-corrected chi connectivity index (χ2v) is 7.22. The summed E-state index contributed by atoms with van der Waals surface area (Å²) in [6, 6.07) is 7.42. The molecule has 11 heteroatoms. The number of amides is 2. The molecule has 1 atom stereocenters. The number of rotatable bonds is 4. The van der Waals surface area contributed by atoms with Crippen LogP contribution >= 0.6 is 27.5 Å². The molecule has 6 nitrogen and oxygen atoms in total. The van der Waals surface area contributed by atoms with Crippen LogP contribution in [0.15, 0.2) is 41.0 Å². The minimum absolute atomic E-state index is 0.0773. The second-order valence-electron chi connectivity index (χ2n) is 5.95. The SMILES string of the molecule is C[C@H](NC(=O)NCc1nnc2c(Cl)cc(C(F)(F)F)cn12)c1ccccc1Br. The van der Waals surface area contributed by atoms with Crippen LogP contribution < -0.4 is 10.6 Å². The van der Waals surface area contributed by atoms with E-state index in [2.05, 4.69) is 36.8 Å². The first kappa shape index (κ1) is 20.4. The van der Waals surface area contributed by atoms with Crippen molar-refractivity contribution in [2.24, 2.45) is 0 Å². The highest BCUT2D eigenvalue weighted by atomic mass is 79.9. The molecule has 0 bridgehead atoms. The Morgan fingerprint density at radius 2 is 2.04 bits per heavy atom. The third-order valence-corrected chi connectivity index (χ3v) is 4.98. The quantitative estimate of drug-likeness (QED) is 0.572. The highest BCUT2D eigenvalue weighted by Gasteiger charge is 2.32. The van der Waals surface area contributed by atoms with E-state index >= 15 is 0 Å². The Bertz CT molecular complexity index is 1020. The lowest BCUT2D eigenvalue weighted by molar-refractivity contribution is -0.137. The number of nitrogens with one attached hydrogen (secondary N) is 2. The van der Waals surface area contributed by atoms with Gasteiger partial charge in [-0.2, -0.15) is 13.2 Å². The summed E-state index contributed by atoms with van der Waals surface area (Å²) < 4.78 is 40.9. The lowest BCUT2D eigenvalue weighted by atomic mass is 10.1. The van der Waals surface area contributed by atoms with Crippen molar-refractivity contribution in [3.05, 3.63) is 63.0 Å². The second kappa shape index (κ2) is 7.96. The zero-order chi connectivity index (χ0) is 20.5. The maximum atomic E-state index is 13.0. The Balaban J connectivity index is 1.72. The van der Waals surface area contributed by atoms with Crippen LogP contribution in [0.2, 0.25) is 5.02 Å². The normalized spacial score (nSPS) is 12.8. The van der Waals surface area contributed by atoms with Gasteiger partial charge in [0.2, 0.25) is 0 Å². The lowest BCUT2D eigenvalue weighted by Gasteiger charge is -2.16. The van der Waals surface area contributed by atoms with Gasteiger partial charge in [0, 0.05) is 10.7 Å². The number of urea groups is 1. The molecule has 0 aliphatic rings. The third-order valence-electron chi connectivity index (χ3n) is 3.98. The van der Waals surface area contributed by atoms with E-state index in [4.69, 9.17) is 11.6 Å². The van der Waals surface area contributed by atoms with Gasteiger partial charge in [-0.1, -0.05) is 45.7 Å². The minimum Gasteiger partial charge on any atom is -0.332 e. The number of benzene rings is 1. The predicted octanol–water partition coefficient (Wildman–Crippen LogP) is 4.72. The molecule has 0 spiro atoms. The number of hydrogen-bond donors (Lipinski definition) is 2. The molecule has 3 rings (SSSR count). The summed E-state index contributed by atoms with van der Waals surface area (Å²) >= 11 is 9.28. The van der Waals surface area contributed by atoms with Crippen LogP contribution in [0.4, 0.5) is 18.0 Å². The zero-order valence-electron chi connectivity index (χ0n) is 14.4. The van der Waals surface area contributed by atoms with Crippen LogP contribution in [-0.4, -0.2) is 20.6 Å². The molecule has 0 saturated heterocycles. The topological polar surface area (TPSA) is 71.3 Å². The molecule has 148 valence electrons. The molecular formula is C17H14BrClF3N5O. The maximum absolute atomic E-state index is 13.0. The number of nitrogens with zero attached hydrogens (tertiary/aromatic N) is 3. The molecule has 0 aliphatic carbocycles. The molecule has 2 N–H and O–H groups in total. The van der Waals surface area contributed by atoms with E-state index < -0.39 is 17.8 Å². The molecule has 1 aromatic carbocycles. The van der Waals surface area contributed by atoms with Crippen LogP contribution in [0.25, 0.3) is 5.65 Å². The number of pyridine rings is 1. The molecule has 0 radical (unpaired) electrons. The van der Waals surface area contributed by atoms with Gasteiger partial charge >= 0.3 is 12.2 Å². The number of hydrogen-bond acceptors (Lipinski definition) is 3. The minimum atomic E-state index is -4.57. The molecule has 0 saturated carbocycles. The van der Waals surface area contributed by atoms with E-state index in [-0.39, 0.29) is 29.1 Å². The summed E-state index contributed by atoms with van der Waals surface area (Å²) in [5, 5.41) is 12.7. The van der Waals surface area contributed by atoms with Gasteiger partial charge in [0.1, 0.15) is 0 Å². The fourth-order valence-corrected chi connectivity index (χ4v) is 3.46. The standard InChI is InChI=1S/C17H14BrClF3N5O/c1-9(11-4-2-3-5-12(11)18)24-16(28)23-7-14-25-26-15-13(19)6-10(8-27(14)15)17(20,21)22/h2-6,8-9H,7H2,1H3,(H2,23,24,28)/t9-/m0/s1. The summed E-state index contributed by atoms with van der Waals surface area (Å²) in [6.07, 6.45) is -3.72. The third kappa shape index (κ3) is 4.39. The van der Waals surface area contributed by atoms with Crippen molar-refractivity contribution in [3.63, 3.8) is 0 Å². The van der Waals surface area contributed by atoms with Gasteiger partial charge in [-0.15, -0.1) is 10.2 Å². The van der Waals surface area contributed by atoms with Crippen molar-refractivity contribution in [1.82, 2.24) is 25.2 Å². The zero-order valence-corrected chi connectivity index (χ0v) is 16.7. The van der Waals surface area contributed by atoms with Gasteiger partial charge in [0.15, 0.2) is 11.5 Å². The molecule has 3 aromatic rings. The van der Waals surface area contributed by atoms with Crippen LogP contribution in [0.3, 0.4) is 0 Å². The Morgan fingerprint density at radius 3 is 2.71 bits per heavy atom. The van der Waals surface area contributed by atoms with Crippen molar-refractivity contribution < 1.29 is 18.0 Å². The van der Waals surface area contributed by atoms with E-state index in [0.29, 0.717) is 0 Å². The highest BCUT2D eigenvalue weighted by molar-refractivity contribution is 9.10. The van der Waals surface area contributed by atoms with Crippen LogP contribution in [0, 0.1) is 0 Å². The Hall–Kier alpha value is -2.33. The van der Waals surface area contributed by atoms with Gasteiger partial charge in [-0.05, 0) is 24.6 Å². The van der Waals surface area contributed by atoms with E-state index in [1.54, 1.807) is 0 Å². The number of fused-ring (bicyclic) bond motifs is 1. The smallest absolute Gasteiger partial charge is 0.332 e.